The molecule has 2 aliphatic heterocycles. The van der Waals surface area contributed by atoms with Gasteiger partial charge in [0.25, 0.3) is 5.89 Å². The van der Waals surface area contributed by atoms with Crippen LogP contribution in [0.25, 0.3) is 11.5 Å². The maximum atomic E-state index is 12.8. The molecular formula is C19H18F3N7O2. The summed E-state index contributed by atoms with van der Waals surface area (Å²) in [5, 5.41) is 18.5. The number of pyridine rings is 1. The Labute approximate surface area is 174 Å². The Hall–Kier alpha value is -3.44. The van der Waals surface area contributed by atoms with Gasteiger partial charge in [-0.3, -0.25) is 9.48 Å². The molecule has 0 radical (unpaired) electrons. The molecule has 5 rings (SSSR count). The molecule has 0 spiro atoms. The lowest BCUT2D eigenvalue weighted by molar-refractivity contribution is -0.137. The Morgan fingerprint density at radius 2 is 2.13 bits per heavy atom. The minimum Gasteiger partial charge on any atom is -0.419 e. The fraction of sp³-hybridized carbons (Fsp3) is 0.421. The molecule has 2 aliphatic rings. The number of aryl methyl sites for hydroxylation is 1. The van der Waals surface area contributed by atoms with E-state index in [-0.39, 0.29) is 23.5 Å². The van der Waals surface area contributed by atoms with Crippen LogP contribution >= 0.6 is 0 Å². The molecule has 0 bridgehead atoms. The van der Waals surface area contributed by atoms with Gasteiger partial charge in [0.2, 0.25) is 11.8 Å². The summed E-state index contributed by atoms with van der Waals surface area (Å²) in [6, 6.07) is 2.18. The predicted molar refractivity (Wildman–Crippen MR) is 101 cm³/mol. The monoisotopic (exact) mass is 433 g/mol. The number of carbonyl (C=O) groups excluding carboxylic acids is 1. The standard InChI is InChI=1S/C19H18F3N7O2/c1-18(6-7-23-16(18)30)17-27-26-15(31-17)13-11-3-2-8-29(11)28-14(13)25-12-5-4-10(9-24-12)19(20,21)22/h4-5,9H,2-3,6-8H2,1H3,(H,23,30)(H,24,25,28)/t18-/m1/s1. The van der Waals surface area contributed by atoms with E-state index in [1.807, 2.05) is 0 Å². The molecule has 162 valence electrons. The zero-order valence-corrected chi connectivity index (χ0v) is 16.5. The molecule has 31 heavy (non-hydrogen) atoms. The molecule has 1 amide bonds. The summed E-state index contributed by atoms with van der Waals surface area (Å²) >= 11 is 0. The highest BCUT2D eigenvalue weighted by Crippen LogP contribution is 2.38. The number of amides is 1. The quantitative estimate of drug-likeness (QED) is 0.651. The highest BCUT2D eigenvalue weighted by Gasteiger charge is 2.44. The van der Waals surface area contributed by atoms with Gasteiger partial charge < -0.3 is 15.1 Å². The Balaban J connectivity index is 1.50. The summed E-state index contributed by atoms with van der Waals surface area (Å²) < 4.78 is 46.1. The van der Waals surface area contributed by atoms with Crippen molar-refractivity contribution >= 4 is 17.5 Å². The summed E-state index contributed by atoms with van der Waals surface area (Å²) in [7, 11) is 0. The Kier molecular flexibility index (Phi) is 4.27. The topological polar surface area (TPSA) is 111 Å². The van der Waals surface area contributed by atoms with E-state index >= 15 is 0 Å². The molecule has 3 aromatic rings. The third-order valence-corrected chi connectivity index (χ3v) is 5.70. The number of hydrogen-bond acceptors (Lipinski definition) is 7. The van der Waals surface area contributed by atoms with Crippen molar-refractivity contribution in [3.63, 3.8) is 0 Å². The summed E-state index contributed by atoms with van der Waals surface area (Å²) in [6.07, 6.45) is -1.53. The predicted octanol–water partition coefficient (Wildman–Crippen LogP) is 2.81. The molecule has 3 aromatic heterocycles. The largest absolute Gasteiger partial charge is 0.419 e. The first-order chi connectivity index (χ1) is 14.8. The van der Waals surface area contributed by atoms with Gasteiger partial charge in [0.15, 0.2) is 5.82 Å². The molecule has 5 heterocycles. The van der Waals surface area contributed by atoms with Crippen LogP contribution in [-0.4, -0.2) is 37.4 Å². The average molecular weight is 433 g/mol. The number of halogens is 3. The number of rotatable bonds is 4. The smallest absolute Gasteiger partial charge is 0.417 e. The lowest BCUT2D eigenvalue weighted by Crippen LogP contribution is -2.32. The van der Waals surface area contributed by atoms with Crippen LogP contribution < -0.4 is 10.6 Å². The number of alkyl halides is 3. The van der Waals surface area contributed by atoms with E-state index in [1.54, 1.807) is 11.6 Å². The molecule has 9 nitrogen and oxygen atoms in total. The normalized spacial score (nSPS) is 20.7. The number of fused-ring (bicyclic) bond motifs is 1. The van der Waals surface area contributed by atoms with Crippen LogP contribution in [0, 0.1) is 0 Å². The first-order valence-electron chi connectivity index (χ1n) is 9.78. The summed E-state index contributed by atoms with van der Waals surface area (Å²) in [6.45, 7) is 2.98. The Bertz CT molecular complexity index is 1150. The van der Waals surface area contributed by atoms with E-state index in [4.69, 9.17) is 4.42 Å². The van der Waals surface area contributed by atoms with Gasteiger partial charge in [-0.05, 0) is 38.3 Å². The number of anilines is 2. The van der Waals surface area contributed by atoms with Crippen molar-refractivity contribution in [2.24, 2.45) is 0 Å². The van der Waals surface area contributed by atoms with Crippen LogP contribution in [0.1, 0.15) is 36.9 Å². The molecule has 1 atom stereocenters. The van der Waals surface area contributed by atoms with Crippen LogP contribution in [0.3, 0.4) is 0 Å². The number of hydrogen-bond donors (Lipinski definition) is 2. The SMILES string of the molecule is C[C@@]1(c2nnc(-c3c(Nc4ccc(C(F)(F)F)cn4)nn4c3CCC4)o2)CCNC1=O. The Morgan fingerprint density at radius 3 is 2.81 bits per heavy atom. The molecule has 0 saturated carbocycles. The van der Waals surface area contributed by atoms with E-state index in [2.05, 4.69) is 30.9 Å². The first-order valence-corrected chi connectivity index (χ1v) is 9.78. The lowest BCUT2D eigenvalue weighted by Gasteiger charge is -2.14. The van der Waals surface area contributed by atoms with Crippen molar-refractivity contribution < 1.29 is 22.4 Å². The van der Waals surface area contributed by atoms with Gasteiger partial charge in [-0.25, -0.2) is 4.98 Å². The van der Waals surface area contributed by atoms with Gasteiger partial charge in [0, 0.05) is 19.3 Å². The molecular weight excluding hydrogens is 415 g/mol. The Morgan fingerprint density at radius 1 is 1.29 bits per heavy atom. The second kappa shape index (κ2) is 6.79. The third kappa shape index (κ3) is 3.22. The van der Waals surface area contributed by atoms with Crippen LogP contribution in [0.4, 0.5) is 24.8 Å². The maximum Gasteiger partial charge on any atom is 0.417 e. The van der Waals surface area contributed by atoms with E-state index in [0.717, 1.165) is 30.8 Å². The van der Waals surface area contributed by atoms with Crippen molar-refractivity contribution in [1.29, 1.82) is 0 Å². The van der Waals surface area contributed by atoms with Gasteiger partial charge in [0.1, 0.15) is 16.8 Å². The minimum absolute atomic E-state index is 0.171. The van der Waals surface area contributed by atoms with Crippen LogP contribution in [0.5, 0.6) is 0 Å². The van der Waals surface area contributed by atoms with Crippen LogP contribution in [0.15, 0.2) is 22.7 Å². The van der Waals surface area contributed by atoms with Crippen molar-refractivity contribution in [3.05, 3.63) is 35.5 Å². The minimum atomic E-state index is -4.46. The zero-order chi connectivity index (χ0) is 21.8. The summed E-state index contributed by atoms with van der Waals surface area (Å²) in [4.78, 5) is 16.1. The highest BCUT2D eigenvalue weighted by molar-refractivity contribution is 5.88. The van der Waals surface area contributed by atoms with Crippen LogP contribution in [-0.2, 0) is 29.4 Å². The van der Waals surface area contributed by atoms with Crippen molar-refractivity contribution in [2.75, 3.05) is 11.9 Å². The van der Waals surface area contributed by atoms with Gasteiger partial charge in [-0.2, -0.15) is 18.3 Å². The van der Waals surface area contributed by atoms with Crippen molar-refractivity contribution in [2.45, 2.75) is 44.3 Å². The molecule has 0 aliphatic carbocycles. The molecule has 12 heteroatoms. The zero-order valence-electron chi connectivity index (χ0n) is 16.5. The van der Waals surface area contributed by atoms with E-state index < -0.39 is 17.2 Å². The van der Waals surface area contributed by atoms with Crippen LogP contribution in [0.2, 0.25) is 0 Å². The van der Waals surface area contributed by atoms with Crippen molar-refractivity contribution in [3.8, 4) is 11.5 Å². The summed E-state index contributed by atoms with van der Waals surface area (Å²) in [5.41, 5.74) is -0.287. The second-order valence-electron chi connectivity index (χ2n) is 7.80. The summed E-state index contributed by atoms with van der Waals surface area (Å²) in [5.74, 6) is 0.809. The van der Waals surface area contributed by atoms with Gasteiger partial charge in [0.05, 0.1) is 11.3 Å². The molecule has 1 fully saturated rings. The van der Waals surface area contributed by atoms with E-state index in [1.165, 1.54) is 6.07 Å². The van der Waals surface area contributed by atoms with Gasteiger partial charge in [-0.1, -0.05) is 0 Å². The number of aromatic nitrogens is 5. The van der Waals surface area contributed by atoms with Gasteiger partial charge in [-0.15, -0.1) is 10.2 Å². The number of carbonyl (C=O) groups is 1. The number of nitrogens with zero attached hydrogens (tertiary/aromatic N) is 5. The molecule has 0 unspecified atom stereocenters. The van der Waals surface area contributed by atoms with Crippen molar-refractivity contribution in [1.82, 2.24) is 30.3 Å². The molecule has 1 saturated heterocycles. The fourth-order valence-electron chi connectivity index (χ4n) is 3.89. The lowest BCUT2D eigenvalue weighted by atomic mass is 9.89. The first kappa shape index (κ1) is 19.5. The second-order valence-corrected chi connectivity index (χ2v) is 7.80. The fourth-order valence-corrected chi connectivity index (χ4v) is 3.89. The molecule has 0 aromatic carbocycles. The van der Waals surface area contributed by atoms with Gasteiger partial charge >= 0.3 is 6.18 Å². The average Bonchev–Trinajstić information content (AvgIpc) is 3.47. The highest BCUT2D eigenvalue weighted by atomic mass is 19.4. The maximum absolute atomic E-state index is 12.8. The van der Waals surface area contributed by atoms with E-state index in [9.17, 15) is 18.0 Å². The number of nitrogens with one attached hydrogen (secondary N) is 2. The third-order valence-electron chi connectivity index (χ3n) is 5.70. The van der Waals surface area contributed by atoms with E-state index in [0.29, 0.717) is 30.9 Å². The molecule has 2 N–H and O–H groups in total.